The van der Waals surface area contributed by atoms with Gasteiger partial charge in [0.25, 0.3) is 0 Å². The summed E-state index contributed by atoms with van der Waals surface area (Å²) in [7, 11) is 4.61. The number of anilines is 1. The van der Waals surface area contributed by atoms with Crippen LogP contribution in [0.25, 0.3) is 0 Å². The number of hydrogen-bond donors (Lipinski definition) is 1. The van der Waals surface area contributed by atoms with Crippen LogP contribution in [0.5, 0.6) is 23.0 Å². The maximum absolute atomic E-state index is 13.6. The van der Waals surface area contributed by atoms with Crippen molar-refractivity contribution in [2.75, 3.05) is 53.1 Å². The van der Waals surface area contributed by atoms with Gasteiger partial charge in [0.1, 0.15) is 18.0 Å². The lowest BCUT2D eigenvalue weighted by Crippen LogP contribution is -2.45. The quantitative estimate of drug-likeness (QED) is 0.367. The fraction of sp³-hybridized carbons (Fsp3) is 0.333. The van der Waals surface area contributed by atoms with Crippen LogP contribution in [0, 0.1) is 0 Å². The van der Waals surface area contributed by atoms with Gasteiger partial charge in [0.05, 0.1) is 33.1 Å². The number of thiophene rings is 1. The molecule has 0 saturated heterocycles. The Morgan fingerprint density at radius 1 is 0.974 bits per heavy atom. The summed E-state index contributed by atoms with van der Waals surface area (Å²) in [6.45, 7) is 1.30. The van der Waals surface area contributed by atoms with Crippen LogP contribution in [0.2, 0.25) is 0 Å². The van der Waals surface area contributed by atoms with Gasteiger partial charge in [-0.05, 0) is 41.3 Å². The van der Waals surface area contributed by atoms with Gasteiger partial charge in [-0.25, -0.2) is 4.79 Å². The molecule has 0 spiro atoms. The lowest BCUT2D eigenvalue weighted by molar-refractivity contribution is -0.133. The Hall–Kier alpha value is -3.96. The van der Waals surface area contributed by atoms with E-state index in [0.29, 0.717) is 41.8 Å². The number of nitrogens with zero attached hydrogens (tertiary/aromatic N) is 2. The minimum Gasteiger partial charge on any atom is -0.497 e. The smallest absolute Gasteiger partial charge is 0.322 e. The summed E-state index contributed by atoms with van der Waals surface area (Å²) < 4.78 is 26.7. The molecule has 0 atom stereocenters. The van der Waals surface area contributed by atoms with Crippen LogP contribution in [-0.2, 0) is 22.6 Å². The van der Waals surface area contributed by atoms with Gasteiger partial charge >= 0.3 is 6.03 Å². The molecule has 3 aromatic rings. The van der Waals surface area contributed by atoms with E-state index in [1.54, 1.807) is 48.7 Å². The SMILES string of the molecule is COCCN(CC(=O)N(Cc1ccc2c(c1)OCO2)Cc1cccs1)C(=O)Nc1ccc(OC)cc1OC. The summed E-state index contributed by atoms with van der Waals surface area (Å²) in [6, 6.07) is 14.2. The van der Waals surface area contributed by atoms with E-state index < -0.39 is 6.03 Å². The Morgan fingerprint density at radius 2 is 1.82 bits per heavy atom. The number of hydrogen-bond acceptors (Lipinski definition) is 8. The molecule has 1 aliphatic heterocycles. The van der Waals surface area contributed by atoms with E-state index in [9.17, 15) is 9.59 Å². The van der Waals surface area contributed by atoms with Gasteiger partial charge < -0.3 is 38.8 Å². The Morgan fingerprint density at radius 3 is 2.55 bits per heavy atom. The second-order valence-electron chi connectivity index (χ2n) is 8.43. The van der Waals surface area contributed by atoms with Crippen LogP contribution in [-0.4, -0.2) is 69.6 Å². The molecule has 0 saturated carbocycles. The molecule has 4 rings (SSSR count). The summed E-state index contributed by atoms with van der Waals surface area (Å²) in [5, 5.41) is 4.81. The summed E-state index contributed by atoms with van der Waals surface area (Å²) in [4.78, 5) is 31.1. The molecule has 2 aromatic carbocycles. The maximum atomic E-state index is 13.6. The summed E-state index contributed by atoms with van der Waals surface area (Å²) in [5.41, 5.74) is 1.36. The van der Waals surface area contributed by atoms with Gasteiger partial charge in [-0.1, -0.05) is 12.1 Å². The molecule has 0 bridgehead atoms. The third-order valence-electron chi connectivity index (χ3n) is 5.92. The number of carbonyl (C=O) groups is 2. The van der Waals surface area contributed by atoms with E-state index in [1.165, 1.54) is 12.0 Å². The van der Waals surface area contributed by atoms with Crippen molar-refractivity contribution in [3.8, 4) is 23.0 Å². The average molecular weight is 542 g/mol. The molecule has 0 aliphatic carbocycles. The molecule has 1 aromatic heterocycles. The van der Waals surface area contributed by atoms with Gasteiger partial charge in [-0.2, -0.15) is 0 Å². The van der Waals surface area contributed by atoms with Crippen molar-refractivity contribution in [2.45, 2.75) is 13.1 Å². The molecule has 10 nitrogen and oxygen atoms in total. The molecule has 202 valence electrons. The molecule has 0 radical (unpaired) electrons. The van der Waals surface area contributed by atoms with Crippen molar-refractivity contribution in [3.05, 3.63) is 64.4 Å². The molecule has 0 unspecified atom stereocenters. The van der Waals surface area contributed by atoms with E-state index >= 15 is 0 Å². The number of carbonyl (C=O) groups excluding carboxylic acids is 2. The molecule has 3 amide bonds. The second kappa shape index (κ2) is 13.0. The van der Waals surface area contributed by atoms with Gasteiger partial charge in [0.2, 0.25) is 12.7 Å². The monoisotopic (exact) mass is 541 g/mol. The lowest BCUT2D eigenvalue weighted by Gasteiger charge is -2.28. The zero-order valence-corrected chi connectivity index (χ0v) is 22.4. The van der Waals surface area contributed by atoms with Crippen LogP contribution < -0.4 is 24.3 Å². The summed E-state index contributed by atoms with van der Waals surface area (Å²) in [5.74, 6) is 2.17. The number of methoxy groups -OCH3 is 3. The number of amides is 3. The van der Waals surface area contributed by atoms with Gasteiger partial charge in [0.15, 0.2) is 11.5 Å². The number of urea groups is 1. The number of nitrogens with one attached hydrogen (secondary N) is 1. The standard InChI is InChI=1S/C27H31N3O7S/c1-33-11-10-29(27(32)28-22-8-7-20(34-2)14-24(22)35-3)17-26(31)30(16-21-5-4-12-38-21)15-19-6-9-23-25(13-19)37-18-36-23/h4-9,12-14H,10-11,15-18H2,1-3H3,(H,28,32). The molecule has 2 heterocycles. The van der Waals surface area contributed by atoms with Crippen LogP contribution in [0.15, 0.2) is 53.9 Å². The molecule has 1 aliphatic rings. The Balaban J connectivity index is 1.51. The van der Waals surface area contributed by atoms with Crippen molar-refractivity contribution >= 4 is 29.0 Å². The highest BCUT2D eigenvalue weighted by Crippen LogP contribution is 2.33. The highest BCUT2D eigenvalue weighted by molar-refractivity contribution is 7.09. The first-order valence-corrected chi connectivity index (χ1v) is 12.8. The Kier molecular flexibility index (Phi) is 9.28. The van der Waals surface area contributed by atoms with E-state index in [-0.39, 0.29) is 32.4 Å². The third-order valence-corrected chi connectivity index (χ3v) is 6.78. The molecule has 1 N–H and O–H groups in total. The number of benzene rings is 2. The molecule has 0 fully saturated rings. The van der Waals surface area contributed by atoms with Crippen LogP contribution >= 0.6 is 11.3 Å². The van der Waals surface area contributed by atoms with Gasteiger partial charge in [0, 0.05) is 31.1 Å². The highest BCUT2D eigenvalue weighted by Gasteiger charge is 2.24. The maximum Gasteiger partial charge on any atom is 0.322 e. The minimum atomic E-state index is -0.446. The Labute approximate surface area is 225 Å². The zero-order chi connectivity index (χ0) is 26.9. The highest BCUT2D eigenvalue weighted by atomic mass is 32.1. The van der Waals surface area contributed by atoms with E-state index in [2.05, 4.69) is 5.32 Å². The number of rotatable bonds is 12. The van der Waals surface area contributed by atoms with Crippen LogP contribution in [0.4, 0.5) is 10.5 Å². The van der Waals surface area contributed by atoms with E-state index in [0.717, 1.165) is 10.4 Å². The van der Waals surface area contributed by atoms with Crippen molar-refractivity contribution in [1.82, 2.24) is 9.80 Å². The first kappa shape index (κ1) is 27.1. The summed E-state index contributed by atoms with van der Waals surface area (Å²) in [6.07, 6.45) is 0. The molecular formula is C27H31N3O7S. The molecular weight excluding hydrogens is 510 g/mol. The zero-order valence-electron chi connectivity index (χ0n) is 21.6. The predicted molar refractivity (Wildman–Crippen MR) is 143 cm³/mol. The van der Waals surface area contributed by atoms with E-state index in [1.807, 2.05) is 35.7 Å². The lowest BCUT2D eigenvalue weighted by atomic mass is 10.2. The van der Waals surface area contributed by atoms with Gasteiger partial charge in [-0.15, -0.1) is 11.3 Å². The third kappa shape index (κ3) is 6.87. The van der Waals surface area contributed by atoms with Crippen molar-refractivity contribution in [3.63, 3.8) is 0 Å². The molecule has 11 heteroatoms. The minimum absolute atomic E-state index is 0.135. The average Bonchev–Trinajstić information content (AvgIpc) is 3.62. The largest absolute Gasteiger partial charge is 0.497 e. The first-order valence-electron chi connectivity index (χ1n) is 12.0. The van der Waals surface area contributed by atoms with Crippen LogP contribution in [0.1, 0.15) is 10.4 Å². The number of fused-ring (bicyclic) bond motifs is 1. The summed E-state index contributed by atoms with van der Waals surface area (Å²) >= 11 is 1.57. The van der Waals surface area contributed by atoms with Crippen molar-refractivity contribution < 1.29 is 33.3 Å². The first-order chi connectivity index (χ1) is 18.5. The van der Waals surface area contributed by atoms with Gasteiger partial charge in [-0.3, -0.25) is 4.79 Å². The topological polar surface area (TPSA) is 98.8 Å². The van der Waals surface area contributed by atoms with Crippen molar-refractivity contribution in [2.24, 2.45) is 0 Å². The van der Waals surface area contributed by atoms with E-state index in [4.69, 9.17) is 23.7 Å². The Bertz CT molecular complexity index is 1240. The predicted octanol–water partition coefficient (Wildman–Crippen LogP) is 4.20. The second-order valence-corrected chi connectivity index (χ2v) is 9.46. The fourth-order valence-electron chi connectivity index (χ4n) is 3.90. The van der Waals surface area contributed by atoms with Crippen LogP contribution in [0.3, 0.4) is 0 Å². The molecule has 38 heavy (non-hydrogen) atoms. The normalized spacial score (nSPS) is 11.7. The van der Waals surface area contributed by atoms with Crippen molar-refractivity contribution in [1.29, 1.82) is 0 Å². The fourth-order valence-corrected chi connectivity index (χ4v) is 4.62. The number of ether oxygens (including phenoxy) is 5.